The summed E-state index contributed by atoms with van der Waals surface area (Å²) in [6, 6.07) is 5.68. The quantitative estimate of drug-likeness (QED) is 0.766. The molecule has 26 heavy (non-hydrogen) atoms. The maximum Gasteiger partial charge on any atom is 0.223 e. The Bertz CT molecular complexity index is 800. The van der Waals surface area contributed by atoms with Crippen molar-refractivity contribution in [2.75, 3.05) is 24.7 Å². The van der Waals surface area contributed by atoms with Gasteiger partial charge in [0.05, 0.1) is 24.1 Å². The van der Waals surface area contributed by atoms with Crippen LogP contribution in [0.3, 0.4) is 0 Å². The number of sulfone groups is 1. The Morgan fingerprint density at radius 3 is 2.69 bits per heavy atom. The Hall–Kier alpha value is -1.48. The van der Waals surface area contributed by atoms with Crippen molar-refractivity contribution in [1.82, 2.24) is 20.3 Å². The molecule has 1 saturated heterocycles. The number of nitrogens with zero attached hydrogens (tertiary/aromatic N) is 3. The molecule has 0 aromatic carbocycles. The van der Waals surface area contributed by atoms with E-state index in [4.69, 9.17) is 0 Å². The molecule has 0 amide bonds. The molecule has 0 aliphatic carbocycles. The predicted molar refractivity (Wildman–Crippen MR) is 106 cm³/mol. The molecule has 0 bridgehead atoms. The lowest BCUT2D eigenvalue weighted by Crippen LogP contribution is -2.30. The standard InChI is InChI=1S/C16H21N5O2S.2ClH/c1-24(22,23)14-11-20-16(19-10-13-6-2-3-8-18-13)21-15(14)12-5-4-7-17-9-12;;/h2-3,6,8,11-12,17H,4-5,7,9-10H2,1H3,(H,19,20,21);2*1H. The first-order valence-electron chi connectivity index (χ1n) is 7.95. The minimum absolute atomic E-state index is 0. The van der Waals surface area contributed by atoms with Gasteiger partial charge in [0.25, 0.3) is 0 Å². The molecule has 2 aromatic heterocycles. The number of halogens is 2. The van der Waals surface area contributed by atoms with Crippen LogP contribution in [0.1, 0.15) is 30.1 Å². The second-order valence-corrected chi connectivity index (χ2v) is 7.92. The molecule has 1 atom stereocenters. The van der Waals surface area contributed by atoms with Crippen LogP contribution in [0.2, 0.25) is 0 Å². The summed E-state index contributed by atoms with van der Waals surface area (Å²) in [6.07, 6.45) is 6.27. The van der Waals surface area contributed by atoms with Gasteiger partial charge in [0.2, 0.25) is 5.95 Å². The molecule has 1 unspecified atom stereocenters. The van der Waals surface area contributed by atoms with Gasteiger partial charge in [0.1, 0.15) is 4.90 Å². The van der Waals surface area contributed by atoms with Gasteiger partial charge < -0.3 is 10.6 Å². The van der Waals surface area contributed by atoms with Crippen LogP contribution < -0.4 is 10.6 Å². The molecule has 1 aliphatic heterocycles. The highest BCUT2D eigenvalue weighted by atomic mass is 35.5. The number of anilines is 1. The van der Waals surface area contributed by atoms with Crippen molar-refractivity contribution in [3.63, 3.8) is 0 Å². The third kappa shape index (κ3) is 5.77. The van der Waals surface area contributed by atoms with Crippen LogP contribution >= 0.6 is 24.8 Å². The average molecular weight is 420 g/mol. The van der Waals surface area contributed by atoms with Gasteiger partial charge in [0, 0.05) is 24.9 Å². The topological polar surface area (TPSA) is 96.9 Å². The zero-order valence-corrected chi connectivity index (χ0v) is 16.8. The summed E-state index contributed by atoms with van der Waals surface area (Å²) in [7, 11) is -3.36. The lowest BCUT2D eigenvalue weighted by atomic mass is 9.96. The number of piperidine rings is 1. The lowest BCUT2D eigenvalue weighted by molar-refractivity contribution is 0.448. The number of hydrogen-bond acceptors (Lipinski definition) is 7. The number of nitrogens with one attached hydrogen (secondary N) is 2. The van der Waals surface area contributed by atoms with Crippen molar-refractivity contribution in [2.45, 2.75) is 30.2 Å². The first-order chi connectivity index (χ1) is 11.5. The summed E-state index contributed by atoms with van der Waals surface area (Å²) in [6.45, 7) is 2.18. The average Bonchev–Trinajstić information content (AvgIpc) is 2.60. The van der Waals surface area contributed by atoms with E-state index in [-0.39, 0.29) is 35.6 Å². The van der Waals surface area contributed by atoms with E-state index in [0.29, 0.717) is 18.2 Å². The smallest absolute Gasteiger partial charge is 0.223 e. The highest BCUT2D eigenvalue weighted by molar-refractivity contribution is 7.90. The Morgan fingerprint density at radius 2 is 2.08 bits per heavy atom. The second kappa shape index (κ2) is 10.0. The fourth-order valence-corrected chi connectivity index (χ4v) is 3.64. The normalized spacial score (nSPS) is 16.9. The molecule has 10 heteroatoms. The fourth-order valence-electron chi connectivity index (χ4n) is 2.80. The molecule has 0 saturated carbocycles. The van der Waals surface area contributed by atoms with Crippen molar-refractivity contribution < 1.29 is 8.42 Å². The summed E-state index contributed by atoms with van der Waals surface area (Å²) in [4.78, 5) is 13.1. The number of hydrogen-bond donors (Lipinski definition) is 2. The molecule has 3 rings (SSSR count). The third-order valence-electron chi connectivity index (χ3n) is 4.02. The summed E-state index contributed by atoms with van der Waals surface area (Å²) >= 11 is 0. The Morgan fingerprint density at radius 1 is 1.27 bits per heavy atom. The minimum Gasteiger partial charge on any atom is -0.349 e. The molecule has 0 spiro atoms. The molecular weight excluding hydrogens is 397 g/mol. The van der Waals surface area contributed by atoms with Crippen LogP contribution in [-0.2, 0) is 16.4 Å². The van der Waals surface area contributed by atoms with Gasteiger partial charge in [-0.25, -0.2) is 18.4 Å². The molecule has 2 aromatic rings. The maximum atomic E-state index is 12.1. The van der Waals surface area contributed by atoms with Gasteiger partial charge in [0.15, 0.2) is 9.84 Å². The summed E-state index contributed by atoms with van der Waals surface area (Å²) < 4.78 is 24.1. The van der Waals surface area contributed by atoms with Gasteiger partial charge in [-0.3, -0.25) is 4.98 Å². The molecule has 7 nitrogen and oxygen atoms in total. The third-order valence-corrected chi connectivity index (χ3v) is 5.13. The van der Waals surface area contributed by atoms with Crippen LogP contribution in [0, 0.1) is 0 Å². The molecule has 1 aliphatic rings. The zero-order valence-electron chi connectivity index (χ0n) is 14.4. The van der Waals surface area contributed by atoms with Gasteiger partial charge >= 0.3 is 0 Å². The van der Waals surface area contributed by atoms with E-state index < -0.39 is 9.84 Å². The van der Waals surface area contributed by atoms with E-state index in [1.165, 1.54) is 12.5 Å². The molecule has 3 heterocycles. The SMILES string of the molecule is CS(=O)(=O)c1cnc(NCc2ccccn2)nc1C1CCCNC1.Cl.Cl. The molecular formula is C16H23Cl2N5O2S. The molecule has 1 fully saturated rings. The van der Waals surface area contributed by atoms with Gasteiger partial charge in [-0.05, 0) is 31.5 Å². The predicted octanol–water partition coefficient (Wildman–Crippen LogP) is 2.20. The Balaban J connectivity index is 0.00000169. The molecule has 0 radical (unpaired) electrons. The number of rotatable bonds is 5. The van der Waals surface area contributed by atoms with Crippen molar-refractivity contribution in [1.29, 1.82) is 0 Å². The first-order valence-corrected chi connectivity index (χ1v) is 9.84. The summed E-state index contributed by atoms with van der Waals surface area (Å²) in [5.74, 6) is 0.510. The molecule has 144 valence electrons. The summed E-state index contributed by atoms with van der Waals surface area (Å²) in [5.41, 5.74) is 1.47. The van der Waals surface area contributed by atoms with Crippen LogP contribution in [0.15, 0.2) is 35.5 Å². The van der Waals surface area contributed by atoms with E-state index in [1.807, 2.05) is 18.2 Å². The van der Waals surface area contributed by atoms with Crippen molar-refractivity contribution in [2.24, 2.45) is 0 Å². The summed E-state index contributed by atoms with van der Waals surface area (Å²) in [5, 5.41) is 6.42. The van der Waals surface area contributed by atoms with Crippen LogP contribution in [-0.4, -0.2) is 42.7 Å². The van der Waals surface area contributed by atoms with Crippen molar-refractivity contribution in [3.8, 4) is 0 Å². The van der Waals surface area contributed by atoms with Crippen LogP contribution in [0.4, 0.5) is 5.95 Å². The van der Waals surface area contributed by atoms with Gasteiger partial charge in [-0.2, -0.15) is 0 Å². The monoisotopic (exact) mass is 419 g/mol. The van der Waals surface area contributed by atoms with E-state index in [0.717, 1.165) is 31.6 Å². The highest BCUT2D eigenvalue weighted by Gasteiger charge is 2.25. The zero-order chi connectivity index (χ0) is 17.0. The highest BCUT2D eigenvalue weighted by Crippen LogP contribution is 2.27. The van der Waals surface area contributed by atoms with Crippen LogP contribution in [0.5, 0.6) is 0 Å². The second-order valence-electron chi connectivity index (χ2n) is 5.93. The first kappa shape index (κ1) is 22.6. The van der Waals surface area contributed by atoms with Gasteiger partial charge in [-0.15, -0.1) is 24.8 Å². The Kier molecular flexibility index (Phi) is 8.69. The van der Waals surface area contributed by atoms with Crippen molar-refractivity contribution >= 4 is 40.6 Å². The van der Waals surface area contributed by atoms with E-state index in [9.17, 15) is 8.42 Å². The number of pyridine rings is 1. The van der Waals surface area contributed by atoms with Gasteiger partial charge in [-0.1, -0.05) is 6.07 Å². The van der Waals surface area contributed by atoms with E-state index >= 15 is 0 Å². The molecule has 2 N–H and O–H groups in total. The lowest BCUT2D eigenvalue weighted by Gasteiger charge is -2.24. The Labute approximate surface area is 166 Å². The maximum absolute atomic E-state index is 12.1. The largest absolute Gasteiger partial charge is 0.349 e. The number of aromatic nitrogens is 3. The van der Waals surface area contributed by atoms with Crippen LogP contribution in [0.25, 0.3) is 0 Å². The van der Waals surface area contributed by atoms with E-state index in [2.05, 4.69) is 25.6 Å². The van der Waals surface area contributed by atoms with E-state index in [1.54, 1.807) is 6.20 Å². The minimum atomic E-state index is -3.36. The van der Waals surface area contributed by atoms with Crippen molar-refractivity contribution in [3.05, 3.63) is 42.0 Å². The fraction of sp³-hybridized carbons (Fsp3) is 0.438.